The molecule has 0 N–H and O–H groups in total. The van der Waals surface area contributed by atoms with Crippen LogP contribution in [0.25, 0.3) is 10.7 Å². The molecular weight excluding hydrogens is 306 g/mol. The smallest absolute Gasteiger partial charge is 0.233 e. The highest BCUT2D eigenvalue weighted by Gasteiger charge is 2.24. The normalized spacial score (nSPS) is 13.1. The van der Waals surface area contributed by atoms with Crippen molar-refractivity contribution in [2.45, 2.75) is 12.8 Å². The minimum Gasteiger partial charge on any atom is -0.311 e. The van der Waals surface area contributed by atoms with Crippen LogP contribution in [0.5, 0.6) is 0 Å². The fraction of sp³-hybridized carbons (Fsp3) is 0.167. The second kappa shape index (κ2) is 5.93. The van der Waals surface area contributed by atoms with Crippen LogP contribution in [-0.4, -0.2) is 22.4 Å². The van der Waals surface area contributed by atoms with Gasteiger partial charge in [-0.3, -0.25) is 9.78 Å². The predicted molar refractivity (Wildman–Crippen MR) is 91.5 cm³/mol. The van der Waals surface area contributed by atoms with Crippen LogP contribution >= 0.6 is 11.3 Å². The van der Waals surface area contributed by atoms with Gasteiger partial charge in [0, 0.05) is 23.8 Å². The van der Waals surface area contributed by atoms with E-state index in [4.69, 9.17) is 0 Å². The Morgan fingerprint density at radius 1 is 1.17 bits per heavy atom. The fourth-order valence-corrected chi connectivity index (χ4v) is 3.64. The molecule has 2 aromatic heterocycles. The summed E-state index contributed by atoms with van der Waals surface area (Å²) in [6, 6.07) is 13.9. The summed E-state index contributed by atoms with van der Waals surface area (Å²) in [5.74, 6) is 0.104. The van der Waals surface area contributed by atoms with Gasteiger partial charge in [0.05, 0.1) is 17.8 Å². The molecule has 0 atom stereocenters. The summed E-state index contributed by atoms with van der Waals surface area (Å²) in [7, 11) is 0. The van der Waals surface area contributed by atoms with Crippen LogP contribution in [-0.2, 0) is 17.6 Å². The summed E-state index contributed by atoms with van der Waals surface area (Å²) in [5, 5.41) is 2.80. The molecule has 0 fully saturated rings. The standard InChI is InChI=1S/C18H15N3OS/c22-17(21-10-8-13-5-1-2-7-16(13)21)11-14-12-23-18(20-14)15-6-3-4-9-19-15/h1-7,9,12H,8,10-11H2. The Bertz CT molecular complexity index is 844. The van der Waals surface area contributed by atoms with Crippen molar-refractivity contribution in [2.24, 2.45) is 0 Å². The van der Waals surface area contributed by atoms with Gasteiger partial charge in [-0.2, -0.15) is 0 Å². The van der Waals surface area contributed by atoms with E-state index in [1.165, 1.54) is 16.9 Å². The molecule has 5 heteroatoms. The van der Waals surface area contributed by atoms with Crippen LogP contribution in [0.1, 0.15) is 11.3 Å². The molecule has 0 bridgehead atoms. The van der Waals surface area contributed by atoms with Gasteiger partial charge in [-0.1, -0.05) is 24.3 Å². The lowest BCUT2D eigenvalue weighted by Crippen LogP contribution is -2.30. The monoisotopic (exact) mass is 321 g/mol. The highest BCUT2D eigenvalue weighted by atomic mass is 32.1. The molecule has 1 aromatic carbocycles. The van der Waals surface area contributed by atoms with E-state index in [1.807, 2.05) is 46.7 Å². The number of aromatic nitrogens is 2. The molecule has 23 heavy (non-hydrogen) atoms. The van der Waals surface area contributed by atoms with Gasteiger partial charge in [0.15, 0.2) is 0 Å². The van der Waals surface area contributed by atoms with Gasteiger partial charge >= 0.3 is 0 Å². The molecule has 3 aromatic rings. The fourth-order valence-electron chi connectivity index (χ4n) is 2.84. The number of pyridine rings is 1. The zero-order valence-corrected chi connectivity index (χ0v) is 13.3. The van der Waals surface area contributed by atoms with E-state index in [0.717, 1.165) is 35.0 Å². The van der Waals surface area contributed by atoms with Crippen molar-refractivity contribution in [1.82, 2.24) is 9.97 Å². The third-order valence-electron chi connectivity index (χ3n) is 3.96. The number of amides is 1. The number of anilines is 1. The van der Waals surface area contributed by atoms with Crippen molar-refractivity contribution in [3.63, 3.8) is 0 Å². The highest BCUT2D eigenvalue weighted by molar-refractivity contribution is 7.13. The number of carbonyl (C=O) groups excluding carboxylic acids is 1. The molecule has 1 aliphatic heterocycles. The molecule has 0 aliphatic carbocycles. The summed E-state index contributed by atoms with van der Waals surface area (Å²) in [6.07, 6.45) is 3.01. The van der Waals surface area contributed by atoms with Crippen LogP contribution in [0.15, 0.2) is 54.0 Å². The Balaban J connectivity index is 1.51. The summed E-state index contributed by atoms with van der Waals surface area (Å²) >= 11 is 1.53. The van der Waals surface area contributed by atoms with Crippen LogP contribution in [0.3, 0.4) is 0 Å². The lowest BCUT2D eigenvalue weighted by Gasteiger charge is -2.16. The minimum absolute atomic E-state index is 0.104. The van der Waals surface area contributed by atoms with Gasteiger partial charge in [0.2, 0.25) is 5.91 Å². The molecule has 0 spiro atoms. The maximum absolute atomic E-state index is 12.6. The Hall–Kier alpha value is -2.53. The minimum atomic E-state index is 0.104. The SMILES string of the molecule is O=C(Cc1csc(-c2ccccn2)n1)N1CCc2ccccc21. The van der Waals surface area contributed by atoms with Crippen LogP contribution in [0.4, 0.5) is 5.69 Å². The first-order chi connectivity index (χ1) is 11.3. The van der Waals surface area contributed by atoms with Gasteiger partial charge in [0.25, 0.3) is 0 Å². The number of fused-ring (bicyclic) bond motifs is 1. The Labute approximate surface area is 138 Å². The van der Waals surface area contributed by atoms with Crippen molar-refractivity contribution in [3.8, 4) is 10.7 Å². The summed E-state index contributed by atoms with van der Waals surface area (Å²) in [6.45, 7) is 0.759. The zero-order chi connectivity index (χ0) is 15.6. The first kappa shape index (κ1) is 14.1. The Morgan fingerprint density at radius 2 is 2.04 bits per heavy atom. The molecule has 114 valence electrons. The van der Waals surface area contributed by atoms with Crippen LogP contribution in [0.2, 0.25) is 0 Å². The summed E-state index contributed by atoms with van der Waals surface area (Å²) in [5.41, 5.74) is 3.94. The third-order valence-corrected chi connectivity index (χ3v) is 4.87. The average Bonchev–Trinajstić information content (AvgIpc) is 3.22. The average molecular weight is 321 g/mol. The maximum Gasteiger partial charge on any atom is 0.233 e. The Morgan fingerprint density at radius 3 is 2.91 bits per heavy atom. The predicted octanol–water partition coefficient (Wildman–Crippen LogP) is 3.34. The lowest BCUT2D eigenvalue weighted by molar-refractivity contribution is -0.117. The van der Waals surface area contributed by atoms with E-state index in [-0.39, 0.29) is 5.91 Å². The highest BCUT2D eigenvalue weighted by Crippen LogP contribution is 2.28. The van der Waals surface area contributed by atoms with Crippen molar-refractivity contribution >= 4 is 22.9 Å². The number of rotatable bonds is 3. The van der Waals surface area contributed by atoms with E-state index in [9.17, 15) is 4.79 Å². The molecule has 0 saturated carbocycles. The van der Waals surface area contributed by atoms with Crippen LogP contribution < -0.4 is 4.90 Å². The number of carbonyl (C=O) groups is 1. The van der Waals surface area contributed by atoms with Crippen molar-refractivity contribution < 1.29 is 4.79 Å². The first-order valence-corrected chi connectivity index (χ1v) is 8.43. The maximum atomic E-state index is 12.6. The lowest BCUT2D eigenvalue weighted by atomic mass is 10.2. The van der Waals surface area contributed by atoms with Gasteiger partial charge < -0.3 is 4.90 Å². The molecule has 1 amide bonds. The van der Waals surface area contributed by atoms with Gasteiger partial charge in [0.1, 0.15) is 5.01 Å². The molecule has 1 aliphatic rings. The van der Waals surface area contributed by atoms with E-state index < -0.39 is 0 Å². The van der Waals surface area contributed by atoms with E-state index in [0.29, 0.717) is 6.42 Å². The van der Waals surface area contributed by atoms with Crippen molar-refractivity contribution in [2.75, 3.05) is 11.4 Å². The van der Waals surface area contributed by atoms with Gasteiger partial charge in [-0.15, -0.1) is 11.3 Å². The van der Waals surface area contributed by atoms with E-state index >= 15 is 0 Å². The largest absolute Gasteiger partial charge is 0.311 e. The summed E-state index contributed by atoms with van der Waals surface area (Å²) in [4.78, 5) is 23.3. The number of para-hydroxylation sites is 1. The molecule has 4 rings (SSSR count). The molecular formula is C18H15N3OS. The number of hydrogen-bond donors (Lipinski definition) is 0. The van der Waals surface area contributed by atoms with Gasteiger partial charge in [-0.25, -0.2) is 4.98 Å². The second-order valence-electron chi connectivity index (χ2n) is 5.46. The van der Waals surface area contributed by atoms with E-state index in [1.54, 1.807) is 6.20 Å². The molecule has 4 nitrogen and oxygen atoms in total. The third kappa shape index (κ3) is 2.75. The number of benzene rings is 1. The number of hydrogen-bond acceptors (Lipinski definition) is 4. The van der Waals surface area contributed by atoms with E-state index in [2.05, 4.69) is 16.0 Å². The van der Waals surface area contributed by atoms with Crippen molar-refractivity contribution in [3.05, 3.63) is 65.3 Å². The number of nitrogens with zero attached hydrogens (tertiary/aromatic N) is 3. The Kier molecular flexibility index (Phi) is 3.63. The molecule has 0 radical (unpaired) electrons. The molecule has 0 unspecified atom stereocenters. The van der Waals surface area contributed by atoms with Crippen LogP contribution in [0, 0.1) is 0 Å². The molecule has 0 saturated heterocycles. The number of thiazole rings is 1. The quantitative estimate of drug-likeness (QED) is 0.743. The first-order valence-electron chi connectivity index (χ1n) is 7.55. The summed E-state index contributed by atoms with van der Waals surface area (Å²) < 4.78 is 0. The second-order valence-corrected chi connectivity index (χ2v) is 6.32. The van der Waals surface area contributed by atoms with Crippen molar-refractivity contribution in [1.29, 1.82) is 0 Å². The van der Waals surface area contributed by atoms with Gasteiger partial charge in [-0.05, 0) is 30.2 Å². The zero-order valence-electron chi connectivity index (χ0n) is 12.5. The topological polar surface area (TPSA) is 46.1 Å². The molecule has 3 heterocycles.